The van der Waals surface area contributed by atoms with Gasteiger partial charge < -0.3 is 10.5 Å². The van der Waals surface area contributed by atoms with Crippen molar-refractivity contribution in [1.29, 1.82) is 0 Å². The average molecular weight is 252 g/mol. The van der Waals surface area contributed by atoms with E-state index in [9.17, 15) is 4.39 Å². The van der Waals surface area contributed by atoms with Crippen molar-refractivity contribution in [3.63, 3.8) is 0 Å². The number of benzene rings is 1. The van der Waals surface area contributed by atoms with Crippen molar-refractivity contribution in [2.75, 3.05) is 27.2 Å². The molecule has 0 spiro atoms. The van der Waals surface area contributed by atoms with Gasteiger partial charge in [-0.2, -0.15) is 0 Å². The van der Waals surface area contributed by atoms with Gasteiger partial charge in [0.15, 0.2) is 0 Å². The highest BCUT2D eigenvalue weighted by Gasteiger charge is 2.33. The summed E-state index contributed by atoms with van der Waals surface area (Å²) in [6.45, 7) is 3.51. The zero-order chi connectivity index (χ0) is 13.3. The molecule has 1 saturated heterocycles. The summed E-state index contributed by atoms with van der Waals surface area (Å²) < 4.78 is 19.5. The van der Waals surface area contributed by atoms with Gasteiger partial charge in [-0.25, -0.2) is 4.39 Å². The molecule has 4 heteroatoms. The van der Waals surface area contributed by atoms with E-state index in [2.05, 4.69) is 4.90 Å². The third-order valence-corrected chi connectivity index (χ3v) is 3.85. The Bertz CT molecular complexity index is 436. The number of rotatable bonds is 3. The van der Waals surface area contributed by atoms with Crippen LogP contribution >= 0.6 is 0 Å². The second-order valence-corrected chi connectivity index (χ2v) is 5.10. The Kier molecular flexibility index (Phi) is 3.88. The monoisotopic (exact) mass is 252 g/mol. The first kappa shape index (κ1) is 13.3. The van der Waals surface area contributed by atoms with Gasteiger partial charge in [-0.1, -0.05) is 6.07 Å². The summed E-state index contributed by atoms with van der Waals surface area (Å²) in [5.41, 5.74) is 7.37. The number of methoxy groups -OCH3 is 1. The lowest BCUT2D eigenvalue weighted by Crippen LogP contribution is -2.21. The van der Waals surface area contributed by atoms with E-state index >= 15 is 0 Å². The molecule has 2 rings (SSSR count). The maximum absolute atomic E-state index is 14.1. The first-order chi connectivity index (χ1) is 8.58. The fraction of sp³-hybridized carbons (Fsp3) is 0.571. The molecular formula is C14H21FN2O. The Balaban J connectivity index is 2.41. The van der Waals surface area contributed by atoms with Crippen molar-refractivity contribution in [1.82, 2.24) is 4.90 Å². The summed E-state index contributed by atoms with van der Waals surface area (Å²) in [6.07, 6.45) is 0.893. The molecule has 0 bridgehead atoms. The minimum Gasteiger partial charge on any atom is -0.496 e. The summed E-state index contributed by atoms with van der Waals surface area (Å²) in [4.78, 5) is 2.16. The first-order valence-corrected chi connectivity index (χ1v) is 6.31. The molecule has 1 aliphatic heterocycles. The van der Waals surface area contributed by atoms with Crippen LogP contribution in [0, 0.1) is 18.7 Å². The summed E-state index contributed by atoms with van der Waals surface area (Å²) in [5, 5.41) is 0. The van der Waals surface area contributed by atoms with Crippen LogP contribution in [0.3, 0.4) is 0 Å². The summed E-state index contributed by atoms with van der Waals surface area (Å²) in [7, 11) is 3.61. The molecular weight excluding hydrogens is 231 g/mol. The van der Waals surface area contributed by atoms with Gasteiger partial charge in [0.1, 0.15) is 11.6 Å². The average Bonchev–Trinajstić information content (AvgIpc) is 2.73. The molecule has 1 heterocycles. The molecule has 100 valence electrons. The number of aryl methyl sites for hydroxylation is 1. The van der Waals surface area contributed by atoms with Crippen LogP contribution in [0.4, 0.5) is 4.39 Å². The van der Waals surface area contributed by atoms with Crippen molar-refractivity contribution < 1.29 is 9.13 Å². The number of ether oxygens (including phenoxy) is 1. The zero-order valence-corrected chi connectivity index (χ0v) is 11.2. The lowest BCUT2D eigenvalue weighted by atomic mass is 9.97. The normalized spacial score (nSPS) is 24.5. The summed E-state index contributed by atoms with van der Waals surface area (Å²) in [5.74, 6) is 0.918. The van der Waals surface area contributed by atoms with E-state index < -0.39 is 0 Å². The quantitative estimate of drug-likeness (QED) is 0.895. The highest BCUT2D eigenvalue weighted by molar-refractivity contribution is 5.44. The van der Waals surface area contributed by atoms with Crippen LogP contribution in [0.1, 0.15) is 23.6 Å². The van der Waals surface area contributed by atoms with Crippen LogP contribution in [0.15, 0.2) is 12.1 Å². The number of hydrogen-bond donors (Lipinski definition) is 1. The van der Waals surface area contributed by atoms with Crippen molar-refractivity contribution in [2.24, 2.45) is 11.7 Å². The maximum Gasteiger partial charge on any atom is 0.131 e. The molecule has 0 aliphatic carbocycles. The molecule has 1 aliphatic rings. The smallest absolute Gasteiger partial charge is 0.131 e. The van der Waals surface area contributed by atoms with Crippen LogP contribution in [0.2, 0.25) is 0 Å². The Labute approximate surface area is 108 Å². The zero-order valence-electron chi connectivity index (χ0n) is 11.2. The predicted octanol–water partition coefficient (Wildman–Crippen LogP) is 2.09. The largest absolute Gasteiger partial charge is 0.496 e. The van der Waals surface area contributed by atoms with Gasteiger partial charge in [-0.15, -0.1) is 0 Å². The Morgan fingerprint density at radius 2 is 2.22 bits per heavy atom. The predicted molar refractivity (Wildman–Crippen MR) is 70.2 cm³/mol. The van der Waals surface area contributed by atoms with Crippen LogP contribution in [0.25, 0.3) is 0 Å². The Morgan fingerprint density at radius 1 is 1.50 bits per heavy atom. The minimum absolute atomic E-state index is 0.0633. The first-order valence-electron chi connectivity index (χ1n) is 6.31. The molecule has 2 N–H and O–H groups in total. The molecule has 1 aromatic carbocycles. The van der Waals surface area contributed by atoms with Crippen molar-refractivity contribution in [2.45, 2.75) is 19.4 Å². The molecule has 2 atom stereocenters. The molecule has 2 unspecified atom stereocenters. The highest BCUT2D eigenvalue weighted by atomic mass is 19.1. The van der Waals surface area contributed by atoms with E-state index in [4.69, 9.17) is 10.5 Å². The summed E-state index contributed by atoms with van der Waals surface area (Å²) in [6, 6.07) is 3.34. The van der Waals surface area contributed by atoms with E-state index in [1.54, 1.807) is 13.2 Å². The van der Waals surface area contributed by atoms with Crippen molar-refractivity contribution >= 4 is 0 Å². The molecule has 3 nitrogen and oxygen atoms in total. The molecule has 0 radical (unpaired) electrons. The number of halogens is 1. The maximum atomic E-state index is 14.1. The van der Waals surface area contributed by atoms with E-state index in [0.717, 1.165) is 18.5 Å². The highest BCUT2D eigenvalue weighted by Crippen LogP contribution is 2.40. The Morgan fingerprint density at radius 3 is 2.78 bits per heavy atom. The van der Waals surface area contributed by atoms with Crippen LogP contribution in [-0.4, -0.2) is 32.1 Å². The molecule has 1 fully saturated rings. The molecule has 0 saturated carbocycles. The molecule has 0 aromatic heterocycles. The van der Waals surface area contributed by atoms with Gasteiger partial charge in [-0.05, 0) is 44.5 Å². The van der Waals surface area contributed by atoms with Crippen molar-refractivity contribution in [3.8, 4) is 5.75 Å². The number of likely N-dealkylation sites (tertiary alicyclic amines) is 1. The van der Waals surface area contributed by atoms with Gasteiger partial charge in [-0.3, -0.25) is 4.90 Å². The lowest BCUT2D eigenvalue weighted by Gasteiger charge is -2.23. The van der Waals surface area contributed by atoms with E-state index in [0.29, 0.717) is 23.8 Å². The minimum atomic E-state index is -0.188. The fourth-order valence-electron chi connectivity index (χ4n) is 2.88. The number of nitrogens with two attached hydrogens (primary N) is 1. The second-order valence-electron chi connectivity index (χ2n) is 5.10. The third-order valence-electron chi connectivity index (χ3n) is 3.85. The third kappa shape index (κ3) is 2.22. The van der Waals surface area contributed by atoms with Gasteiger partial charge in [0.25, 0.3) is 0 Å². The van der Waals surface area contributed by atoms with Crippen LogP contribution < -0.4 is 10.5 Å². The standard InChI is InChI=1S/C14H21FN2O/c1-9-4-5-11(15)13(14(9)18-3)12-6-10(7-16)8-17(12)2/h4-5,10,12H,6-8,16H2,1-3H3. The van der Waals surface area contributed by atoms with Crippen LogP contribution in [-0.2, 0) is 0 Å². The fourth-order valence-corrected chi connectivity index (χ4v) is 2.88. The van der Waals surface area contributed by atoms with E-state index in [-0.39, 0.29) is 11.9 Å². The number of nitrogens with zero attached hydrogens (tertiary/aromatic N) is 1. The van der Waals surface area contributed by atoms with Crippen LogP contribution in [0.5, 0.6) is 5.75 Å². The molecule has 18 heavy (non-hydrogen) atoms. The van der Waals surface area contributed by atoms with Gasteiger partial charge in [0.05, 0.1) is 7.11 Å². The van der Waals surface area contributed by atoms with Crippen molar-refractivity contribution in [3.05, 3.63) is 29.1 Å². The topological polar surface area (TPSA) is 38.5 Å². The molecule has 1 aromatic rings. The van der Waals surface area contributed by atoms with E-state index in [1.165, 1.54) is 6.07 Å². The van der Waals surface area contributed by atoms with Gasteiger partial charge in [0.2, 0.25) is 0 Å². The summed E-state index contributed by atoms with van der Waals surface area (Å²) >= 11 is 0. The SMILES string of the molecule is COc1c(C)ccc(F)c1C1CC(CN)CN1C. The number of hydrogen-bond acceptors (Lipinski definition) is 3. The molecule has 0 amide bonds. The Hall–Kier alpha value is -1.13. The second kappa shape index (κ2) is 5.24. The van der Waals surface area contributed by atoms with Gasteiger partial charge in [0, 0.05) is 18.2 Å². The van der Waals surface area contributed by atoms with Gasteiger partial charge >= 0.3 is 0 Å². The van der Waals surface area contributed by atoms with E-state index in [1.807, 2.05) is 14.0 Å². The lowest BCUT2D eigenvalue weighted by molar-refractivity contribution is 0.294.